The van der Waals surface area contributed by atoms with Crippen LogP contribution in [-0.4, -0.2) is 61.2 Å². The highest BCUT2D eigenvalue weighted by Crippen LogP contribution is 2.41. The van der Waals surface area contributed by atoms with Gasteiger partial charge in [0.05, 0.1) is 49.0 Å². The Labute approximate surface area is 272 Å². The third kappa shape index (κ3) is 8.13. The number of carboxylic acid groups (broad SMARTS) is 2. The van der Waals surface area contributed by atoms with Crippen molar-refractivity contribution in [2.45, 2.75) is 46.0 Å². The lowest BCUT2D eigenvalue weighted by Crippen LogP contribution is -2.13. The van der Waals surface area contributed by atoms with Crippen LogP contribution in [0.15, 0.2) is 30.3 Å². The number of fused-ring (bicyclic) bond motifs is 2. The summed E-state index contributed by atoms with van der Waals surface area (Å²) in [5.41, 5.74) is 0. The molecule has 10 nitrogen and oxygen atoms in total. The molecular formula is C33H35FO10S2. The van der Waals surface area contributed by atoms with Gasteiger partial charge in [0.1, 0.15) is 0 Å². The van der Waals surface area contributed by atoms with E-state index in [0.29, 0.717) is 46.9 Å². The number of carbonyl (C=O) groups is 4. The summed E-state index contributed by atoms with van der Waals surface area (Å²) in [6.45, 7) is 3.55. The zero-order valence-electron chi connectivity index (χ0n) is 25.8. The molecule has 46 heavy (non-hydrogen) atoms. The molecule has 0 saturated heterocycles. The molecule has 2 heterocycles. The molecule has 0 bridgehead atoms. The minimum absolute atomic E-state index is 0.0500. The Kier molecular flexibility index (Phi) is 11.6. The van der Waals surface area contributed by atoms with Crippen LogP contribution in [0.25, 0.3) is 20.2 Å². The number of carboxylic acids is 2. The zero-order valence-corrected chi connectivity index (χ0v) is 27.5. The van der Waals surface area contributed by atoms with Crippen LogP contribution in [0.3, 0.4) is 0 Å². The molecule has 246 valence electrons. The fourth-order valence-corrected chi connectivity index (χ4v) is 6.71. The normalized spacial score (nSPS) is 12.5. The molecular weight excluding hydrogens is 639 g/mol. The highest BCUT2D eigenvalue weighted by molar-refractivity contribution is 7.21. The van der Waals surface area contributed by atoms with E-state index in [-0.39, 0.29) is 52.8 Å². The summed E-state index contributed by atoms with van der Waals surface area (Å²) < 4.78 is 39.3. The van der Waals surface area contributed by atoms with E-state index in [0.717, 1.165) is 21.4 Å². The molecule has 0 fully saturated rings. The monoisotopic (exact) mass is 674 g/mol. The molecule has 13 heteroatoms. The van der Waals surface area contributed by atoms with Gasteiger partial charge in [-0.3, -0.25) is 19.2 Å². The van der Waals surface area contributed by atoms with Crippen LogP contribution >= 0.6 is 22.7 Å². The maximum absolute atomic E-state index is 15.4. The molecule has 0 amide bonds. The maximum Gasteiger partial charge on any atom is 0.306 e. The summed E-state index contributed by atoms with van der Waals surface area (Å²) in [5.74, 6) is -3.75. The number of Topliss-reactive ketones (excluding diaryl/α,β-unsaturated/α-hetero) is 2. The number of ether oxygens (including phenoxy) is 4. The molecule has 0 spiro atoms. The molecule has 4 aromatic rings. The van der Waals surface area contributed by atoms with Crippen molar-refractivity contribution in [3.63, 3.8) is 0 Å². The van der Waals surface area contributed by atoms with Gasteiger partial charge in [0.2, 0.25) is 0 Å². The van der Waals surface area contributed by atoms with Gasteiger partial charge in [-0.2, -0.15) is 0 Å². The van der Waals surface area contributed by atoms with Crippen LogP contribution in [0.4, 0.5) is 4.39 Å². The number of halogens is 1. The first-order valence-corrected chi connectivity index (χ1v) is 16.3. The minimum atomic E-state index is -1.07. The fraction of sp³-hybridized carbons (Fsp3) is 0.394. The lowest BCUT2D eigenvalue weighted by molar-refractivity contribution is -0.141. The standard InChI is InChI=1S/C33H35FO10S2/c1-17(32(37)38)10-21(35)28-13-19-12-24(23(41-3)15-26(19)45-28)43-8-6-5-7-9-44-31-25(42-4)16-27-20(30(31)34)14-29(46-27)22(36)11-18(2)33(39)40/h12-18H,5-11H2,1-4H3,(H,37,38)(H,39,40)/t17-,18-/m0/s1. The van der Waals surface area contributed by atoms with E-state index in [9.17, 15) is 19.2 Å². The lowest BCUT2D eigenvalue weighted by Gasteiger charge is -2.13. The molecule has 0 radical (unpaired) electrons. The number of aliphatic carboxylic acids is 2. The summed E-state index contributed by atoms with van der Waals surface area (Å²) in [4.78, 5) is 48.1. The molecule has 2 aromatic carbocycles. The largest absolute Gasteiger partial charge is 0.493 e. The molecule has 4 rings (SSSR count). The Bertz CT molecular complexity index is 1760. The van der Waals surface area contributed by atoms with Crippen LogP contribution in [0.1, 0.15) is 65.3 Å². The van der Waals surface area contributed by atoms with Gasteiger partial charge in [0, 0.05) is 39.8 Å². The summed E-state index contributed by atoms with van der Waals surface area (Å²) in [5, 5.41) is 19.2. The first kappa shape index (κ1) is 34.6. The van der Waals surface area contributed by atoms with Gasteiger partial charge in [0.25, 0.3) is 0 Å². The van der Waals surface area contributed by atoms with E-state index in [2.05, 4.69) is 0 Å². The van der Waals surface area contributed by atoms with Gasteiger partial charge >= 0.3 is 11.9 Å². The predicted octanol–water partition coefficient (Wildman–Crippen LogP) is 7.49. The van der Waals surface area contributed by atoms with Crippen LogP contribution in [0, 0.1) is 17.7 Å². The maximum atomic E-state index is 15.4. The van der Waals surface area contributed by atoms with Crippen molar-refractivity contribution in [1.82, 2.24) is 0 Å². The Balaban J connectivity index is 1.31. The highest BCUT2D eigenvalue weighted by atomic mass is 32.1. The molecule has 0 saturated carbocycles. The summed E-state index contributed by atoms with van der Waals surface area (Å²) in [6, 6.07) is 8.36. The van der Waals surface area contributed by atoms with Crippen LogP contribution in [0.2, 0.25) is 0 Å². The summed E-state index contributed by atoms with van der Waals surface area (Å²) in [7, 11) is 2.93. The Hall–Kier alpha value is -4.23. The Morgan fingerprint density at radius 2 is 1.26 bits per heavy atom. The topological polar surface area (TPSA) is 146 Å². The molecule has 0 aliphatic heterocycles. The second kappa shape index (κ2) is 15.4. The smallest absolute Gasteiger partial charge is 0.306 e. The van der Waals surface area contributed by atoms with Crippen LogP contribution in [-0.2, 0) is 9.59 Å². The third-order valence-corrected chi connectivity index (χ3v) is 9.64. The summed E-state index contributed by atoms with van der Waals surface area (Å²) >= 11 is 2.36. The van der Waals surface area contributed by atoms with Gasteiger partial charge in [-0.1, -0.05) is 13.8 Å². The molecule has 2 N–H and O–H groups in total. The number of carbonyl (C=O) groups excluding carboxylic acids is 2. The number of benzene rings is 2. The quantitative estimate of drug-likeness (QED) is 0.0804. The lowest BCUT2D eigenvalue weighted by atomic mass is 10.0. The van der Waals surface area contributed by atoms with Gasteiger partial charge in [-0.05, 0) is 42.8 Å². The number of hydrogen-bond acceptors (Lipinski definition) is 10. The number of unbranched alkanes of at least 4 members (excludes halogenated alkanes) is 2. The van der Waals surface area contributed by atoms with E-state index >= 15 is 4.39 Å². The zero-order chi connectivity index (χ0) is 33.5. The molecule has 2 aromatic heterocycles. The number of rotatable bonds is 18. The second-order valence-electron chi connectivity index (χ2n) is 10.9. The van der Waals surface area contributed by atoms with Crippen molar-refractivity contribution in [3.8, 4) is 23.0 Å². The highest BCUT2D eigenvalue weighted by Gasteiger charge is 2.23. The number of hydrogen-bond donors (Lipinski definition) is 2. The van der Waals surface area contributed by atoms with Gasteiger partial charge in [-0.15, -0.1) is 22.7 Å². The van der Waals surface area contributed by atoms with Crippen molar-refractivity contribution in [1.29, 1.82) is 0 Å². The van der Waals surface area contributed by atoms with Crippen LogP contribution < -0.4 is 18.9 Å². The van der Waals surface area contributed by atoms with Crippen LogP contribution in [0.5, 0.6) is 23.0 Å². The van der Waals surface area contributed by atoms with E-state index in [1.165, 1.54) is 45.5 Å². The van der Waals surface area contributed by atoms with Crippen molar-refractivity contribution in [2.24, 2.45) is 11.8 Å². The van der Waals surface area contributed by atoms with E-state index in [1.54, 1.807) is 24.3 Å². The first-order chi connectivity index (χ1) is 21.9. The Morgan fingerprint density at radius 1 is 0.717 bits per heavy atom. The first-order valence-electron chi connectivity index (χ1n) is 14.6. The average molecular weight is 675 g/mol. The van der Waals surface area contributed by atoms with E-state index < -0.39 is 29.6 Å². The van der Waals surface area contributed by atoms with Gasteiger partial charge in [-0.25, -0.2) is 4.39 Å². The number of methoxy groups -OCH3 is 2. The van der Waals surface area contributed by atoms with E-state index in [1.807, 2.05) is 0 Å². The fourth-order valence-electron chi connectivity index (χ4n) is 4.65. The van der Waals surface area contributed by atoms with Gasteiger partial charge in [0.15, 0.2) is 40.4 Å². The number of thiophene rings is 2. The number of ketones is 2. The van der Waals surface area contributed by atoms with Crippen molar-refractivity contribution < 1.29 is 52.7 Å². The second-order valence-corrected chi connectivity index (χ2v) is 13.1. The molecule has 0 unspecified atom stereocenters. The summed E-state index contributed by atoms with van der Waals surface area (Å²) in [6.07, 6.45) is 1.74. The van der Waals surface area contributed by atoms with E-state index in [4.69, 9.17) is 29.2 Å². The molecule has 0 aliphatic carbocycles. The molecule has 0 aliphatic rings. The predicted molar refractivity (Wildman–Crippen MR) is 173 cm³/mol. The SMILES string of the molecule is COc1cc2sc(C(=O)C[C@H](C)C(=O)O)cc2cc1OCCCCCOc1c(OC)cc2sc(C(=O)C[C@H](C)C(=O)O)cc2c1F. The van der Waals surface area contributed by atoms with Crippen molar-refractivity contribution in [2.75, 3.05) is 27.4 Å². The van der Waals surface area contributed by atoms with Crippen molar-refractivity contribution in [3.05, 3.63) is 45.9 Å². The van der Waals surface area contributed by atoms with Gasteiger partial charge < -0.3 is 29.2 Å². The molecule has 2 atom stereocenters. The minimum Gasteiger partial charge on any atom is -0.493 e. The Morgan fingerprint density at radius 3 is 1.85 bits per heavy atom. The van der Waals surface area contributed by atoms with Crippen molar-refractivity contribution >= 4 is 66.4 Å². The average Bonchev–Trinajstić information content (AvgIpc) is 3.65. The third-order valence-electron chi connectivity index (χ3n) is 7.37.